The third-order valence-electron chi connectivity index (χ3n) is 2.57. The molecule has 0 aliphatic rings. The summed E-state index contributed by atoms with van der Waals surface area (Å²) in [5.41, 5.74) is 0. The fourth-order valence-electron chi connectivity index (χ4n) is 1.62. The van der Waals surface area contributed by atoms with Crippen LogP contribution in [0.3, 0.4) is 0 Å². The second kappa shape index (κ2) is 7.84. The van der Waals surface area contributed by atoms with Crippen molar-refractivity contribution in [3.63, 3.8) is 0 Å². The summed E-state index contributed by atoms with van der Waals surface area (Å²) >= 11 is 0. The molecule has 0 aromatic heterocycles. The molecule has 0 aromatic carbocycles. The Hall–Kier alpha value is -0.530. The van der Waals surface area contributed by atoms with Gasteiger partial charge in [0, 0.05) is 6.42 Å². The van der Waals surface area contributed by atoms with Gasteiger partial charge in [-0.1, -0.05) is 46.5 Å². The first-order valence-corrected chi connectivity index (χ1v) is 5.74. The van der Waals surface area contributed by atoms with Crippen molar-refractivity contribution in [3.05, 3.63) is 0 Å². The van der Waals surface area contributed by atoms with Crippen LogP contribution in [-0.4, -0.2) is 11.1 Å². The van der Waals surface area contributed by atoms with Crippen molar-refractivity contribution in [2.45, 2.75) is 59.3 Å². The molecule has 0 bridgehead atoms. The summed E-state index contributed by atoms with van der Waals surface area (Å²) in [6.07, 6.45) is 6.05. The molecule has 1 N–H and O–H groups in total. The highest BCUT2D eigenvalue weighted by Gasteiger charge is 2.04. The molecule has 84 valence electrons. The molecule has 0 unspecified atom stereocenters. The average molecular weight is 200 g/mol. The lowest BCUT2D eigenvalue weighted by molar-refractivity contribution is -0.137. The smallest absolute Gasteiger partial charge is 0.303 e. The van der Waals surface area contributed by atoms with Crippen LogP contribution in [0.4, 0.5) is 0 Å². The summed E-state index contributed by atoms with van der Waals surface area (Å²) in [5.74, 6) is 0.814. The van der Waals surface area contributed by atoms with Gasteiger partial charge >= 0.3 is 5.97 Å². The summed E-state index contributed by atoms with van der Waals surface area (Å²) in [6.45, 7) is 6.71. The predicted molar refractivity (Wildman–Crippen MR) is 59.3 cm³/mol. The summed E-state index contributed by atoms with van der Waals surface area (Å²) < 4.78 is 0. The van der Waals surface area contributed by atoms with Crippen molar-refractivity contribution in [2.24, 2.45) is 11.8 Å². The molecule has 0 saturated carbocycles. The molecule has 0 aliphatic carbocycles. The summed E-state index contributed by atoms with van der Waals surface area (Å²) in [4.78, 5) is 10.3. The van der Waals surface area contributed by atoms with Gasteiger partial charge in [0.15, 0.2) is 0 Å². The van der Waals surface area contributed by atoms with E-state index in [0.717, 1.165) is 18.8 Å². The van der Waals surface area contributed by atoms with Gasteiger partial charge in [-0.05, 0) is 18.3 Å². The molecule has 2 heteroatoms. The highest BCUT2D eigenvalue weighted by Crippen LogP contribution is 2.17. The molecule has 0 fully saturated rings. The summed E-state index contributed by atoms with van der Waals surface area (Å²) in [5, 5.41) is 8.48. The van der Waals surface area contributed by atoms with Crippen molar-refractivity contribution < 1.29 is 9.90 Å². The minimum absolute atomic E-state index is 0.328. The van der Waals surface area contributed by atoms with E-state index < -0.39 is 5.97 Å². The molecule has 0 saturated heterocycles. The van der Waals surface area contributed by atoms with Crippen molar-refractivity contribution in [1.29, 1.82) is 0 Å². The number of rotatable bonds is 8. The Balaban J connectivity index is 3.27. The van der Waals surface area contributed by atoms with Gasteiger partial charge in [0.1, 0.15) is 0 Å². The zero-order chi connectivity index (χ0) is 11.0. The molecule has 0 heterocycles. The number of carbonyl (C=O) groups is 1. The maximum Gasteiger partial charge on any atom is 0.303 e. The van der Waals surface area contributed by atoms with E-state index in [0.29, 0.717) is 12.3 Å². The second-order valence-corrected chi connectivity index (χ2v) is 4.72. The first kappa shape index (κ1) is 13.5. The molecule has 0 rings (SSSR count). The maximum atomic E-state index is 10.3. The van der Waals surface area contributed by atoms with Gasteiger partial charge in [-0.3, -0.25) is 4.79 Å². The van der Waals surface area contributed by atoms with E-state index >= 15 is 0 Å². The lowest BCUT2D eigenvalue weighted by atomic mass is 9.95. The Kier molecular flexibility index (Phi) is 7.54. The monoisotopic (exact) mass is 200 g/mol. The zero-order valence-corrected chi connectivity index (χ0v) is 9.75. The Morgan fingerprint density at radius 1 is 1.07 bits per heavy atom. The van der Waals surface area contributed by atoms with E-state index in [-0.39, 0.29) is 0 Å². The molecule has 0 spiro atoms. The van der Waals surface area contributed by atoms with Gasteiger partial charge in [0.2, 0.25) is 0 Å². The largest absolute Gasteiger partial charge is 0.481 e. The van der Waals surface area contributed by atoms with Crippen LogP contribution >= 0.6 is 0 Å². The zero-order valence-electron chi connectivity index (χ0n) is 9.75. The molecule has 2 nitrogen and oxygen atoms in total. The molecule has 0 aromatic rings. The second-order valence-electron chi connectivity index (χ2n) is 4.72. The van der Waals surface area contributed by atoms with Crippen LogP contribution in [0.15, 0.2) is 0 Å². The van der Waals surface area contributed by atoms with E-state index in [2.05, 4.69) is 20.8 Å². The fraction of sp³-hybridized carbons (Fsp3) is 0.917. The molecule has 1 atom stereocenters. The van der Waals surface area contributed by atoms with Crippen LogP contribution in [0.2, 0.25) is 0 Å². The molecule has 0 aliphatic heterocycles. The minimum atomic E-state index is -0.667. The van der Waals surface area contributed by atoms with Gasteiger partial charge in [0.25, 0.3) is 0 Å². The van der Waals surface area contributed by atoms with Crippen molar-refractivity contribution in [3.8, 4) is 0 Å². The van der Waals surface area contributed by atoms with Crippen molar-refractivity contribution >= 4 is 5.97 Å². The summed E-state index contributed by atoms with van der Waals surface area (Å²) in [7, 11) is 0. The van der Waals surface area contributed by atoms with E-state index in [1.165, 1.54) is 19.3 Å². The first-order valence-electron chi connectivity index (χ1n) is 5.74. The van der Waals surface area contributed by atoms with Crippen LogP contribution in [-0.2, 0) is 4.79 Å². The molecule has 14 heavy (non-hydrogen) atoms. The minimum Gasteiger partial charge on any atom is -0.481 e. The quantitative estimate of drug-likeness (QED) is 0.648. The van der Waals surface area contributed by atoms with Crippen molar-refractivity contribution in [2.75, 3.05) is 0 Å². The van der Waals surface area contributed by atoms with Gasteiger partial charge in [-0.25, -0.2) is 0 Å². The van der Waals surface area contributed by atoms with E-state index in [1.807, 2.05) is 0 Å². The van der Waals surface area contributed by atoms with Crippen molar-refractivity contribution in [1.82, 2.24) is 0 Å². The number of hydrogen-bond acceptors (Lipinski definition) is 1. The first-order chi connectivity index (χ1) is 6.52. The SMILES string of the molecule is CC(C)CCC[C@H](C)CCCC(=O)O. The number of aliphatic carboxylic acids is 1. The standard InChI is InChI=1S/C12H24O2/c1-10(2)6-4-7-11(3)8-5-9-12(13)14/h10-11H,4-9H2,1-3H3,(H,13,14)/t11-/m0/s1. The van der Waals surface area contributed by atoms with Crippen LogP contribution in [0.25, 0.3) is 0 Å². The van der Waals surface area contributed by atoms with Gasteiger partial charge < -0.3 is 5.11 Å². The Bertz CT molecular complexity index is 152. The fourth-order valence-corrected chi connectivity index (χ4v) is 1.62. The Morgan fingerprint density at radius 3 is 2.14 bits per heavy atom. The van der Waals surface area contributed by atoms with E-state index in [9.17, 15) is 4.79 Å². The van der Waals surface area contributed by atoms with Crippen LogP contribution < -0.4 is 0 Å². The van der Waals surface area contributed by atoms with E-state index in [4.69, 9.17) is 5.11 Å². The van der Waals surface area contributed by atoms with Gasteiger partial charge in [-0.2, -0.15) is 0 Å². The Morgan fingerprint density at radius 2 is 1.64 bits per heavy atom. The molecule has 0 radical (unpaired) electrons. The number of hydrogen-bond donors (Lipinski definition) is 1. The lowest BCUT2D eigenvalue weighted by Gasteiger charge is -2.11. The Labute approximate surface area is 87.7 Å². The van der Waals surface area contributed by atoms with Crippen LogP contribution in [0.1, 0.15) is 59.3 Å². The predicted octanol–water partition coefficient (Wildman–Crippen LogP) is 3.70. The lowest BCUT2D eigenvalue weighted by Crippen LogP contribution is -2.00. The molecule has 0 amide bonds. The highest BCUT2D eigenvalue weighted by molar-refractivity contribution is 5.66. The normalized spacial score (nSPS) is 13.1. The molecular formula is C12H24O2. The number of carboxylic acid groups (broad SMARTS) is 1. The highest BCUT2D eigenvalue weighted by atomic mass is 16.4. The number of carboxylic acids is 1. The summed E-state index contributed by atoms with van der Waals surface area (Å²) in [6, 6.07) is 0. The third-order valence-corrected chi connectivity index (χ3v) is 2.57. The van der Waals surface area contributed by atoms with E-state index in [1.54, 1.807) is 0 Å². The van der Waals surface area contributed by atoms with Crippen LogP contribution in [0, 0.1) is 11.8 Å². The topological polar surface area (TPSA) is 37.3 Å². The van der Waals surface area contributed by atoms with Gasteiger partial charge in [-0.15, -0.1) is 0 Å². The molecular weight excluding hydrogens is 176 g/mol. The average Bonchev–Trinajstić information content (AvgIpc) is 2.02. The maximum absolute atomic E-state index is 10.3. The third kappa shape index (κ3) is 9.56. The van der Waals surface area contributed by atoms with Gasteiger partial charge in [0.05, 0.1) is 0 Å². The van der Waals surface area contributed by atoms with Crippen LogP contribution in [0.5, 0.6) is 0 Å².